The number of rotatable bonds is 4. The Labute approximate surface area is 75.9 Å². The van der Waals surface area contributed by atoms with E-state index in [4.69, 9.17) is 6.42 Å². The van der Waals surface area contributed by atoms with E-state index in [0.29, 0.717) is 11.5 Å². The maximum absolute atomic E-state index is 5.32. The second kappa shape index (κ2) is 3.49. The molecule has 0 aromatic heterocycles. The molecule has 68 valence electrons. The van der Waals surface area contributed by atoms with Gasteiger partial charge in [-0.2, -0.15) is 0 Å². The zero-order chi connectivity index (χ0) is 9.19. The number of hydrogen-bond acceptors (Lipinski definition) is 1. The van der Waals surface area contributed by atoms with E-state index in [1.807, 2.05) is 0 Å². The maximum atomic E-state index is 5.32. The predicted octanol–water partition coefficient (Wildman–Crippen LogP) is 2.03. The predicted molar refractivity (Wildman–Crippen MR) is 52.8 cm³/mol. The van der Waals surface area contributed by atoms with E-state index >= 15 is 0 Å². The Morgan fingerprint density at radius 2 is 2.25 bits per heavy atom. The van der Waals surface area contributed by atoms with Crippen LogP contribution in [0.1, 0.15) is 33.6 Å². The summed E-state index contributed by atoms with van der Waals surface area (Å²) in [6.07, 6.45) is 7.53. The molecule has 1 aliphatic rings. The molecule has 0 aliphatic heterocycles. The SMILES string of the molecule is C#CCC(NCC)C1CC1(C)C. The molecule has 1 fully saturated rings. The summed E-state index contributed by atoms with van der Waals surface area (Å²) in [5.74, 6) is 3.55. The fraction of sp³-hybridized carbons (Fsp3) is 0.818. The van der Waals surface area contributed by atoms with Gasteiger partial charge in [0.1, 0.15) is 0 Å². The van der Waals surface area contributed by atoms with E-state index in [1.165, 1.54) is 6.42 Å². The van der Waals surface area contributed by atoms with Crippen LogP contribution in [0.4, 0.5) is 0 Å². The van der Waals surface area contributed by atoms with Crippen molar-refractivity contribution in [3.63, 3.8) is 0 Å². The lowest BCUT2D eigenvalue weighted by atomic mass is 10.0. The van der Waals surface area contributed by atoms with Gasteiger partial charge in [-0.15, -0.1) is 12.3 Å². The topological polar surface area (TPSA) is 12.0 Å². The molecule has 1 N–H and O–H groups in total. The van der Waals surface area contributed by atoms with Crippen LogP contribution in [0.5, 0.6) is 0 Å². The minimum absolute atomic E-state index is 0.531. The summed E-state index contributed by atoms with van der Waals surface area (Å²) < 4.78 is 0. The smallest absolute Gasteiger partial charge is 0.0243 e. The standard InChI is InChI=1S/C11H19N/c1-5-7-10(12-6-2)9-8-11(9,3)4/h1,9-10,12H,6-8H2,2-4H3. The summed E-state index contributed by atoms with van der Waals surface area (Å²) in [6.45, 7) is 7.80. The third-order valence-electron chi connectivity index (χ3n) is 2.88. The largest absolute Gasteiger partial charge is 0.313 e. The molecule has 0 bridgehead atoms. The Kier molecular flexibility index (Phi) is 2.80. The number of nitrogens with one attached hydrogen (secondary N) is 1. The molecule has 1 aliphatic carbocycles. The lowest BCUT2D eigenvalue weighted by Crippen LogP contribution is -2.31. The molecule has 0 aromatic rings. The molecule has 1 nitrogen and oxygen atoms in total. The first-order valence-corrected chi connectivity index (χ1v) is 4.78. The summed E-state index contributed by atoms with van der Waals surface area (Å²) in [6, 6.07) is 0.551. The van der Waals surface area contributed by atoms with Crippen LogP contribution >= 0.6 is 0 Å². The quantitative estimate of drug-likeness (QED) is 0.629. The van der Waals surface area contributed by atoms with Gasteiger partial charge in [0.15, 0.2) is 0 Å². The van der Waals surface area contributed by atoms with Crippen LogP contribution < -0.4 is 5.32 Å². The highest BCUT2D eigenvalue weighted by Crippen LogP contribution is 2.54. The Morgan fingerprint density at radius 1 is 1.67 bits per heavy atom. The molecule has 0 saturated heterocycles. The lowest BCUT2D eigenvalue weighted by Gasteiger charge is -2.16. The van der Waals surface area contributed by atoms with Crippen molar-refractivity contribution < 1.29 is 0 Å². The van der Waals surface area contributed by atoms with Gasteiger partial charge in [0.05, 0.1) is 0 Å². The van der Waals surface area contributed by atoms with Crippen LogP contribution in [-0.2, 0) is 0 Å². The van der Waals surface area contributed by atoms with Crippen LogP contribution in [0.15, 0.2) is 0 Å². The lowest BCUT2D eigenvalue weighted by molar-refractivity contribution is 0.418. The first-order valence-electron chi connectivity index (χ1n) is 4.78. The average Bonchev–Trinajstić information content (AvgIpc) is 2.60. The van der Waals surface area contributed by atoms with Crippen molar-refractivity contribution in [1.82, 2.24) is 5.32 Å². The van der Waals surface area contributed by atoms with Crippen molar-refractivity contribution in [3.8, 4) is 12.3 Å². The molecule has 1 rings (SSSR count). The molecular formula is C11H19N. The van der Waals surface area contributed by atoms with Crippen molar-refractivity contribution in [1.29, 1.82) is 0 Å². The van der Waals surface area contributed by atoms with Gasteiger partial charge in [0.25, 0.3) is 0 Å². The molecule has 0 heterocycles. The van der Waals surface area contributed by atoms with Gasteiger partial charge in [0.2, 0.25) is 0 Å². The molecule has 12 heavy (non-hydrogen) atoms. The zero-order valence-electron chi connectivity index (χ0n) is 8.35. The summed E-state index contributed by atoms with van der Waals surface area (Å²) in [4.78, 5) is 0. The Hall–Kier alpha value is -0.480. The van der Waals surface area contributed by atoms with Gasteiger partial charge < -0.3 is 5.32 Å². The normalized spacial score (nSPS) is 27.7. The van der Waals surface area contributed by atoms with Gasteiger partial charge in [-0.05, 0) is 24.3 Å². The first-order chi connectivity index (χ1) is 5.61. The summed E-state index contributed by atoms with van der Waals surface area (Å²) in [7, 11) is 0. The van der Waals surface area contributed by atoms with Crippen LogP contribution in [0.2, 0.25) is 0 Å². The molecule has 1 heteroatoms. The van der Waals surface area contributed by atoms with Crippen molar-refractivity contribution in [2.45, 2.75) is 39.7 Å². The average molecular weight is 165 g/mol. The van der Waals surface area contributed by atoms with Crippen molar-refractivity contribution in [2.24, 2.45) is 11.3 Å². The highest BCUT2D eigenvalue weighted by atomic mass is 14.9. The maximum Gasteiger partial charge on any atom is 0.0243 e. The minimum atomic E-state index is 0.531. The molecule has 1 saturated carbocycles. The molecule has 2 unspecified atom stereocenters. The van der Waals surface area contributed by atoms with Gasteiger partial charge in [-0.25, -0.2) is 0 Å². The van der Waals surface area contributed by atoms with Gasteiger partial charge >= 0.3 is 0 Å². The van der Waals surface area contributed by atoms with Crippen LogP contribution in [0.25, 0.3) is 0 Å². The van der Waals surface area contributed by atoms with Crippen molar-refractivity contribution >= 4 is 0 Å². The zero-order valence-corrected chi connectivity index (χ0v) is 8.35. The summed E-state index contributed by atoms with van der Waals surface area (Å²) in [5, 5.41) is 3.46. The van der Waals surface area contributed by atoms with E-state index in [-0.39, 0.29) is 0 Å². The van der Waals surface area contributed by atoms with Gasteiger partial charge in [-0.3, -0.25) is 0 Å². The first kappa shape index (κ1) is 9.61. The Morgan fingerprint density at radius 3 is 2.58 bits per heavy atom. The highest BCUT2D eigenvalue weighted by molar-refractivity contribution is 5.05. The number of terminal acetylenes is 1. The minimum Gasteiger partial charge on any atom is -0.313 e. The summed E-state index contributed by atoms with van der Waals surface area (Å²) >= 11 is 0. The van der Waals surface area contributed by atoms with Crippen molar-refractivity contribution in [2.75, 3.05) is 6.54 Å². The second-order valence-corrected chi connectivity index (χ2v) is 4.37. The Balaban J connectivity index is 2.41. The third-order valence-corrected chi connectivity index (χ3v) is 2.88. The third kappa shape index (κ3) is 2.01. The molecule has 2 atom stereocenters. The Bertz CT molecular complexity index is 188. The second-order valence-electron chi connectivity index (χ2n) is 4.37. The van der Waals surface area contributed by atoms with E-state index < -0.39 is 0 Å². The fourth-order valence-electron chi connectivity index (χ4n) is 1.94. The highest BCUT2D eigenvalue weighted by Gasteiger charge is 2.49. The van der Waals surface area contributed by atoms with Gasteiger partial charge in [-0.1, -0.05) is 20.8 Å². The molecular weight excluding hydrogens is 146 g/mol. The van der Waals surface area contributed by atoms with Crippen LogP contribution in [-0.4, -0.2) is 12.6 Å². The van der Waals surface area contributed by atoms with Gasteiger partial charge in [0, 0.05) is 12.5 Å². The molecule has 0 aromatic carbocycles. The van der Waals surface area contributed by atoms with E-state index in [2.05, 4.69) is 32.0 Å². The van der Waals surface area contributed by atoms with Crippen LogP contribution in [0.3, 0.4) is 0 Å². The fourth-order valence-corrected chi connectivity index (χ4v) is 1.94. The molecule has 0 spiro atoms. The van der Waals surface area contributed by atoms with Crippen LogP contribution in [0, 0.1) is 23.7 Å². The van der Waals surface area contributed by atoms with Crippen molar-refractivity contribution in [3.05, 3.63) is 0 Å². The summed E-state index contributed by atoms with van der Waals surface area (Å²) in [5.41, 5.74) is 0.531. The van der Waals surface area contributed by atoms with E-state index in [0.717, 1.165) is 18.9 Å². The van der Waals surface area contributed by atoms with E-state index in [9.17, 15) is 0 Å². The molecule has 0 amide bonds. The monoisotopic (exact) mass is 165 g/mol. The number of hydrogen-bond donors (Lipinski definition) is 1. The van der Waals surface area contributed by atoms with E-state index in [1.54, 1.807) is 0 Å². The molecule has 0 radical (unpaired) electrons.